The SMILES string of the molecule is Cc1cc(C(=O)NCC(=O)NC(C)c2csc(C(C)C)n2)c(C)o1. The Hall–Kier alpha value is -2.15. The van der Waals surface area contributed by atoms with E-state index >= 15 is 0 Å². The minimum Gasteiger partial charge on any atom is -0.466 e. The number of amides is 2. The van der Waals surface area contributed by atoms with Crippen molar-refractivity contribution in [2.24, 2.45) is 0 Å². The van der Waals surface area contributed by atoms with Crippen LogP contribution in [0.4, 0.5) is 0 Å². The molecule has 2 N–H and O–H groups in total. The third kappa shape index (κ3) is 4.44. The van der Waals surface area contributed by atoms with Crippen LogP contribution in [0.15, 0.2) is 15.9 Å². The zero-order valence-corrected chi connectivity index (χ0v) is 15.4. The summed E-state index contributed by atoms with van der Waals surface area (Å²) in [5.41, 5.74) is 1.29. The molecule has 130 valence electrons. The maximum Gasteiger partial charge on any atom is 0.255 e. The van der Waals surface area contributed by atoms with E-state index in [1.807, 2.05) is 12.3 Å². The lowest BCUT2D eigenvalue weighted by atomic mass is 10.2. The average Bonchev–Trinajstić information content (AvgIpc) is 3.11. The molecule has 0 fully saturated rings. The monoisotopic (exact) mass is 349 g/mol. The van der Waals surface area contributed by atoms with Crippen LogP contribution < -0.4 is 10.6 Å². The van der Waals surface area contributed by atoms with E-state index in [0.717, 1.165) is 10.7 Å². The summed E-state index contributed by atoms with van der Waals surface area (Å²) in [4.78, 5) is 28.6. The first kappa shape index (κ1) is 18.2. The van der Waals surface area contributed by atoms with E-state index in [-0.39, 0.29) is 24.4 Å². The molecule has 0 bridgehead atoms. The molecule has 2 rings (SSSR count). The topological polar surface area (TPSA) is 84.2 Å². The molecule has 2 amide bonds. The lowest BCUT2D eigenvalue weighted by molar-refractivity contribution is -0.120. The number of carbonyl (C=O) groups is 2. The number of aryl methyl sites for hydroxylation is 2. The highest BCUT2D eigenvalue weighted by Gasteiger charge is 2.17. The van der Waals surface area contributed by atoms with Gasteiger partial charge in [-0.3, -0.25) is 9.59 Å². The number of hydrogen-bond donors (Lipinski definition) is 2. The van der Waals surface area contributed by atoms with Gasteiger partial charge in [-0.15, -0.1) is 11.3 Å². The summed E-state index contributed by atoms with van der Waals surface area (Å²) < 4.78 is 5.32. The van der Waals surface area contributed by atoms with Crippen molar-refractivity contribution >= 4 is 23.2 Å². The molecule has 0 spiro atoms. The third-order valence-electron chi connectivity index (χ3n) is 3.55. The van der Waals surface area contributed by atoms with Crippen LogP contribution >= 0.6 is 11.3 Å². The van der Waals surface area contributed by atoms with Crippen LogP contribution in [0.1, 0.15) is 65.3 Å². The molecular formula is C17H23N3O3S. The van der Waals surface area contributed by atoms with Crippen LogP contribution in [-0.2, 0) is 4.79 Å². The summed E-state index contributed by atoms with van der Waals surface area (Å²) in [6.07, 6.45) is 0. The molecule has 0 aliphatic heterocycles. The summed E-state index contributed by atoms with van der Waals surface area (Å²) in [7, 11) is 0. The molecular weight excluding hydrogens is 326 g/mol. The van der Waals surface area contributed by atoms with Crippen molar-refractivity contribution in [3.05, 3.63) is 39.2 Å². The molecule has 1 unspecified atom stereocenters. The normalized spacial score (nSPS) is 12.2. The van der Waals surface area contributed by atoms with E-state index in [4.69, 9.17) is 4.42 Å². The highest BCUT2D eigenvalue weighted by molar-refractivity contribution is 7.09. The van der Waals surface area contributed by atoms with Gasteiger partial charge < -0.3 is 15.1 Å². The molecule has 6 nitrogen and oxygen atoms in total. The number of aromatic nitrogens is 1. The third-order valence-corrected chi connectivity index (χ3v) is 4.71. The fourth-order valence-electron chi connectivity index (χ4n) is 2.24. The van der Waals surface area contributed by atoms with Crippen LogP contribution in [0, 0.1) is 13.8 Å². The van der Waals surface area contributed by atoms with Crippen LogP contribution in [0.25, 0.3) is 0 Å². The van der Waals surface area contributed by atoms with Gasteiger partial charge in [-0.25, -0.2) is 4.98 Å². The summed E-state index contributed by atoms with van der Waals surface area (Å²) in [5, 5.41) is 8.45. The van der Waals surface area contributed by atoms with Crippen molar-refractivity contribution < 1.29 is 14.0 Å². The molecule has 0 radical (unpaired) electrons. The number of nitrogens with one attached hydrogen (secondary N) is 2. The smallest absolute Gasteiger partial charge is 0.255 e. The van der Waals surface area contributed by atoms with Crippen LogP contribution in [0.3, 0.4) is 0 Å². The van der Waals surface area contributed by atoms with Gasteiger partial charge in [-0.05, 0) is 26.8 Å². The molecule has 0 aliphatic rings. The minimum atomic E-state index is -0.317. The first-order chi connectivity index (χ1) is 11.3. The van der Waals surface area contributed by atoms with Crippen molar-refractivity contribution in [1.82, 2.24) is 15.6 Å². The summed E-state index contributed by atoms with van der Waals surface area (Å²) in [6, 6.07) is 1.46. The second-order valence-electron chi connectivity index (χ2n) is 6.06. The fraction of sp³-hybridized carbons (Fsp3) is 0.471. The number of thiazole rings is 1. The van der Waals surface area contributed by atoms with Crippen molar-refractivity contribution in [2.75, 3.05) is 6.54 Å². The molecule has 2 heterocycles. The molecule has 7 heteroatoms. The maximum absolute atomic E-state index is 12.1. The highest BCUT2D eigenvalue weighted by atomic mass is 32.1. The van der Waals surface area contributed by atoms with Gasteiger partial charge in [0.1, 0.15) is 11.5 Å². The Balaban J connectivity index is 1.86. The molecule has 0 aromatic carbocycles. The van der Waals surface area contributed by atoms with Crippen molar-refractivity contribution in [2.45, 2.75) is 46.6 Å². The number of hydrogen-bond acceptors (Lipinski definition) is 5. The van der Waals surface area contributed by atoms with Crippen LogP contribution in [0.2, 0.25) is 0 Å². The summed E-state index contributed by atoms with van der Waals surface area (Å²) in [5.74, 6) is 1.01. The molecule has 24 heavy (non-hydrogen) atoms. The molecule has 2 aromatic heterocycles. The Labute approximate surface area is 145 Å². The summed E-state index contributed by atoms with van der Waals surface area (Å²) in [6.45, 7) is 9.45. The molecule has 2 aromatic rings. The lowest BCUT2D eigenvalue weighted by Gasteiger charge is -2.12. The predicted octanol–water partition coefficient (Wildman–Crippen LogP) is 3.08. The Morgan fingerprint density at radius 2 is 2.00 bits per heavy atom. The van der Waals surface area contributed by atoms with Crippen molar-refractivity contribution in [3.63, 3.8) is 0 Å². The van der Waals surface area contributed by atoms with E-state index in [2.05, 4.69) is 29.5 Å². The maximum atomic E-state index is 12.1. The van der Waals surface area contributed by atoms with Gasteiger partial charge in [-0.1, -0.05) is 13.8 Å². The Morgan fingerprint density at radius 1 is 1.29 bits per heavy atom. The Kier molecular flexibility index (Phi) is 5.77. The second-order valence-corrected chi connectivity index (χ2v) is 6.95. The standard InChI is InChI=1S/C17H23N3O3S/c1-9(2)17-20-14(8-24-17)11(4)19-15(21)7-18-16(22)13-6-10(3)23-12(13)5/h6,8-9,11H,7H2,1-5H3,(H,18,22)(H,19,21). The number of carbonyl (C=O) groups excluding carboxylic acids is 2. The molecule has 1 atom stereocenters. The fourth-order valence-corrected chi connectivity index (χ4v) is 3.17. The zero-order valence-electron chi connectivity index (χ0n) is 14.6. The van der Waals surface area contributed by atoms with E-state index < -0.39 is 0 Å². The minimum absolute atomic E-state index is 0.0893. The summed E-state index contributed by atoms with van der Waals surface area (Å²) >= 11 is 1.59. The van der Waals surface area contributed by atoms with E-state index in [9.17, 15) is 9.59 Å². The first-order valence-electron chi connectivity index (χ1n) is 7.87. The van der Waals surface area contributed by atoms with Gasteiger partial charge in [0.15, 0.2) is 0 Å². The van der Waals surface area contributed by atoms with Crippen molar-refractivity contribution in [3.8, 4) is 0 Å². The molecule has 0 aliphatic carbocycles. The first-order valence-corrected chi connectivity index (χ1v) is 8.75. The van der Waals surface area contributed by atoms with Gasteiger partial charge in [0.05, 0.1) is 28.9 Å². The average molecular weight is 349 g/mol. The molecule has 0 saturated carbocycles. The van der Waals surface area contributed by atoms with E-state index in [0.29, 0.717) is 23.0 Å². The lowest BCUT2D eigenvalue weighted by Crippen LogP contribution is -2.38. The number of nitrogens with zero attached hydrogens (tertiary/aromatic N) is 1. The number of furan rings is 1. The van der Waals surface area contributed by atoms with Gasteiger partial charge in [0.25, 0.3) is 5.91 Å². The quantitative estimate of drug-likeness (QED) is 0.839. The Bertz CT molecular complexity index is 733. The van der Waals surface area contributed by atoms with Crippen LogP contribution in [-0.4, -0.2) is 23.3 Å². The van der Waals surface area contributed by atoms with E-state index in [1.54, 1.807) is 31.3 Å². The van der Waals surface area contributed by atoms with Gasteiger partial charge in [0, 0.05) is 11.3 Å². The molecule has 0 saturated heterocycles. The zero-order chi connectivity index (χ0) is 17.9. The van der Waals surface area contributed by atoms with Gasteiger partial charge in [-0.2, -0.15) is 0 Å². The number of rotatable bonds is 6. The Morgan fingerprint density at radius 3 is 2.54 bits per heavy atom. The van der Waals surface area contributed by atoms with Gasteiger partial charge in [0.2, 0.25) is 5.91 Å². The second kappa shape index (κ2) is 7.61. The van der Waals surface area contributed by atoms with E-state index in [1.165, 1.54) is 0 Å². The van der Waals surface area contributed by atoms with Crippen LogP contribution in [0.5, 0.6) is 0 Å². The van der Waals surface area contributed by atoms with Crippen molar-refractivity contribution in [1.29, 1.82) is 0 Å². The largest absolute Gasteiger partial charge is 0.466 e. The predicted molar refractivity (Wildman–Crippen MR) is 93.3 cm³/mol. The highest BCUT2D eigenvalue weighted by Crippen LogP contribution is 2.22. The van der Waals surface area contributed by atoms with Gasteiger partial charge >= 0.3 is 0 Å².